The Balaban J connectivity index is -0.0000000351. The van der Waals surface area contributed by atoms with E-state index in [9.17, 15) is 9.59 Å². The molecular weight excluding hydrogens is 1240 g/mol. The van der Waals surface area contributed by atoms with Gasteiger partial charge in [-0.15, -0.1) is 12.1 Å². The fourth-order valence-electron chi connectivity index (χ4n) is 2.61. The third kappa shape index (κ3) is 60.0. The van der Waals surface area contributed by atoms with Crippen molar-refractivity contribution in [3.05, 3.63) is 132 Å². The molecule has 0 atom stereocenters. The van der Waals surface area contributed by atoms with Crippen LogP contribution in [0.5, 0.6) is 0 Å². The largest absolute Gasteiger partial charge is 0.419 e. The molecule has 0 aliphatic heterocycles. The average molecular weight is 1340 g/mol. The molecular formula is C50H94N3O3W3-3. The fourth-order valence-corrected chi connectivity index (χ4v) is 2.61. The Labute approximate surface area is 413 Å². The molecule has 0 aromatic heterocycles. The summed E-state index contributed by atoms with van der Waals surface area (Å²) in [4.78, 5) is 28.2. The van der Waals surface area contributed by atoms with Crippen molar-refractivity contribution in [1.29, 1.82) is 0 Å². The second-order valence-corrected chi connectivity index (χ2v) is 6.78. The third-order valence-electron chi connectivity index (χ3n) is 4.47. The number of carbonyl (C=O) groups is 2. The van der Waals surface area contributed by atoms with Crippen LogP contribution in [0.3, 0.4) is 0 Å². The Bertz CT molecular complexity index is 1160. The minimum Gasteiger partial charge on any atom is -0.419 e. The smallest absolute Gasteiger partial charge is 0.223 e. The van der Waals surface area contributed by atoms with Gasteiger partial charge in [0.1, 0.15) is 5.78 Å². The second-order valence-electron chi connectivity index (χ2n) is 6.78. The Morgan fingerprint density at radius 2 is 0.780 bits per heavy atom. The van der Waals surface area contributed by atoms with Crippen molar-refractivity contribution >= 4 is 23.1 Å². The van der Waals surface area contributed by atoms with Gasteiger partial charge in [-0.3, -0.25) is 9.63 Å². The van der Waals surface area contributed by atoms with Gasteiger partial charge in [0.25, 0.3) is 0 Å². The summed E-state index contributed by atoms with van der Waals surface area (Å²) in [6.45, 7) is 40.0. The van der Waals surface area contributed by atoms with Crippen molar-refractivity contribution in [2.45, 2.75) is 153 Å². The van der Waals surface area contributed by atoms with Crippen molar-refractivity contribution in [1.82, 2.24) is 5.06 Å². The Hall–Kier alpha value is -2.36. The molecule has 9 heteroatoms. The summed E-state index contributed by atoms with van der Waals surface area (Å²) in [6, 6.07) is 37.0. The predicted octanol–water partition coefficient (Wildman–Crippen LogP) is 16.0. The number of nitrogens with zero attached hydrogens (tertiary/aromatic N) is 1. The molecule has 0 heterocycles. The van der Waals surface area contributed by atoms with Crippen LogP contribution in [-0.4, -0.2) is 30.9 Å². The van der Waals surface area contributed by atoms with Crippen LogP contribution in [0.15, 0.2) is 97.1 Å². The van der Waals surface area contributed by atoms with E-state index >= 15 is 0 Å². The Morgan fingerprint density at radius 1 is 0.475 bits per heavy atom. The van der Waals surface area contributed by atoms with E-state index in [0.717, 1.165) is 5.06 Å². The van der Waals surface area contributed by atoms with Gasteiger partial charge in [-0.2, -0.15) is 72.8 Å². The summed E-state index contributed by atoms with van der Waals surface area (Å²) in [5.41, 5.74) is 13.8. The molecule has 1 amide bonds. The first-order valence-electron chi connectivity index (χ1n) is 20.3. The molecule has 4 aromatic rings. The van der Waals surface area contributed by atoms with Crippen molar-refractivity contribution in [2.75, 3.05) is 25.6 Å². The van der Waals surface area contributed by atoms with Gasteiger partial charge in [-0.25, -0.2) is 5.06 Å². The molecule has 4 aromatic carbocycles. The summed E-state index contributed by atoms with van der Waals surface area (Å²) in [5.74, 6) is -0.346. The van der Waals surface area contributed by atoms with Gasteiger partial charge in [0.2, 0.25) is 5.91 Å². The molecule has 0 unspecified atom stereocenters. The van der Waals surface area contributed by atoms with E-state index in [4.69, 9.17) is 16.3 Å². The normalized spacial score (nSPS) is 6.47. The van der Waals surface area contributed by atoms with E-state index in [1.165, 1.54) is 20.2 Å². The number of anilines is 2. The molecule has 0 radical (unpaired) electrons. The van der Waals surface area contributed by atoms with Crippen LogP contribution in [0.4, 0.5) is 11.4 Å². The van der Waals surface area contributed by atoms with E-state index in [1.807, 2.05) is 187 Å². The summed E-state index contributed by atoms with van der Waals surface area (Å²) in [5, 5.41) is 1.11. The third-order valence-corrected chi connectivity index (χ3v) is 4.47. The van der Waals surface area contributed by atoms with Crippen LogP contribution in [0, 0.1) is 18.2 Å². The number of hydrogen-bond acceptors (Lipinski definition) is 5. The first-order chi connectivity index (χ1) is 26.5. The van der Waals surface area contributed by atoms with Gasteiger partial charge in [0.05, 0.1) is 7.11 Å². The topological polar surface area (TPSA) is 98.7 Å². The Morgan fingerprint density at radius 3 is 1.03 bits per heavy atom. The van der Waals surface area contributed by atoms with Crippen LogP contribution in [0.1, 0.15) is 180 Å². The van der Waals surface area contributed by atoms with Gasteiger partial charge in [-0.05, 0) is 5.56 Å². The number of rotatable bonds is 4. The van der Waals surface area contributed by atoms with Crippen LogP contribution < -0.4 is 11.5 Å². The molecule has 0 fully saturated rings. The first-order valence-corrected chi connectivity index (χ1v) is 20.3. The van der Waals surface area contributed by atoms with Gasteiger partial charge in [-0.1, -0.05) is 201 Å². The quantitative estimate of drug-likeness (QED) is 0.0918. The van der Waals surface area contributed by atoms with Gasteiger partial charge >= 0.3 is 0 Å². The zero-order valence-electron chi connectivity index (χ0n) is 40.3. The zero-order valence-corrected chi connectivity index (χ0v) is 49.1. The molecule has 0 bridgehead atoms. The number of hydrogen-bond donors (Lipinski definition) is 2. The number of hydroxylamine groups is 2. The maximum Gasteiger partial charge on any atom is 0.223 e. The number of nitrogens with two attached hydrogens (primary N) is 2. The zero-order chi connectivity index (χ0) is 44.8. The van der Waals surface area contributed by atoms with E-state index in [-0.39, 0.29) is 89.7 Å². The van der Waals surface area contributed by atoms with E-state index < -0.39 is 0 Å². The standard InChI is InChI=1S/C13H10NO.C9H11N2O2.C6H5.10C2H6.2CH4.3W/c14-12-9-5-4-8-11(12)13(15)10-6-2-1-3-7-10;1-11(13-2)9(12)7-5-3-4-6-8(7)10;1-2-4-6-5-3-1;10*1-2;;;;;/h1-3,5-9H,14H2;4-6H,10H2,1-2H3;1-5H;10*1-2H3;2*1H4;;;/q3*-1;;;;;;;;;;;;;;;. The number of benzene rings is 4. The van der Waals surface area contributed by atoms with Crippen LogP contribution >= 0.6 is 0 Å². The molecule has 4 N–H and O–H groups in total. The molecule has 0 aliphatic rings. The minimum atomic E-state index is -0.281. The van der Waals surface area contributed by atoms with E-state index in [2.05, 4.69) is 18.2 Å². The van der Waals surface area contributed by atoms with Crippen molar-refractivity contribution in [2.24, 2.45) is 0 Å². The summed E-state index contributed by atoms with van der Waals surface area (Å²) < 4.78 is 0. The average Bonchev–Trinajstić information content (AvgIpc) is 3.31. The summed E-state index contributed by atoms with van der Waals surface area (Å²) in [7, 11) is 2.94. The molecule has 0 aliphatic carbocycles. The number of ketones is 1. The molecule has 0 saturated carbocycles. The molecule has 59 heavy (non-hydrogen) atoms. The van der Waals surface area contributed by atoms with Crippen molar-refractivity contribution in [3.8, 4) is 0 Å². The fraction of sp³-hybridized carbons (Fsp3) is 0.480. The van der Waals surface area contributed by atoms with Crippen LogP contribution in [-0.2, 0) is 68.0 Å². The van der Waals surface area contributed by atoms with Gasteiger partial charge in [0, 0.05) is 75.8 Å². The maximum atomic E-state index is 12.0. The molecule has 4 rings (SSSR count). The molecule has 348 valence electrons. The van der Waals surface area contributed by atoms with Crippen LogP contribution in [0.2, 0.25) is 0 Å². The first kappa shape index (κ1) is 96.4. The monoisotopic (exact) mass is 1340 g/mol. The number of carbonyl (C=O) groups excluding carboxylic acids is 2. The van der Waals surface area contributed by atoms with Gasteiger partial charge in [0.15, 0.2) is 0 Å². The predicted molar refractivity (Wildman–Crippen MR) is 261 cm³/mol. The summed E-state index contributed by atoms with van der Waals surface area (Å²) >= 11 is 0. The summed E-state index contributed by atoms with van der Waals surface area (Å²) in [6.07, 6.45) is 0. The van der Waals surface area contributed by atoms with E-state index in [0.29, 0.717) is 28.1 Å². The van der Waals surface area contributed by atoms with Crippen molar-refractivity contribution < 1.29 is 77.6 Å². The molecule has 0 saturated heterocycles. The Kier molecular flexibility index (Phi) is 157. The number of amides is 1. The number of nitrogen functional groups attached to an aromatic ring is 2. The van der Waals surface area contributed by atoms with Crippen molar-refractivity contribution in [3.63, 3.8) is 0 Å². The SMILES string of the molecule is C.C.CC.CC.CC.CC.CC.CC.CC.CC.CC.CC.CON(C)C(=O)c1c[c-]ccc1N.Nc1cc[c-]cc1C(=O)c1ccccc1.[W].[W].[W].[c-]1ccccc1. The van der Waals surface area contributed by atoms with Crippen LogP contribution in [0.25, 0.3) is 0 Å². The second kappa shape index (κ2) is 95.8. The molecule has 6 nitrogen and oxygen atoms in total. The maximum absolute atomic E-state index is 12.0. The minimum absolute atomic E-state index is 0. The molecule has 0 spiro atoms. The van der Waals surface area contributed by atoms with Gasteiger partial charge < -0.3 is 16.3 Å². The van der Waals surface area contributed by atoms with E-state index in [1.54, 1.807) is 42.5 Å².